The third kappa shape index (κ3) is 3.26. The minimum Gasteiger partial charge on any atom is -0.374 e. The first kappa shape index (κ1) is 13.9. The van der Waals surface area contributed by atoms with E-state index in [0.29, 0.717) is 9.72 Å². The molecule has 0 amide bonds. The smallest absolute Gasteiger partial charge is 0.175 e. The lowest BCUT2D eigenvalue weighted by Gasteiger charge is -2.35. The topological polar surface area (TPSA) is 37.4 Å². The summed E-state index contributed by atoms with van der Waals surface area (Å²) in [5.74, 6) is 0.744. The van der Waals surface area contributed by atoms with Crippen LogP contribution in [0.15, 0.2) is 29.2 Å². The van der Waals surface area contributed by atoms with Gasteiger partial charge in [0.1, 0.15) is 0 Å². The Kier molecular flexibility index (Phi) is 4.02. The fraction of sp³-hybridized carbons (Fsp3) is 0.538. The van der Waals surface area contributed by atoms with E-state index in [1.165, 1.54) is 19.1 Å². The highest BCUT2D eigenvalue weighted by atomic mass is 79.9. The molecule has 0 atom stereocenters. The standard InChI is InChI=1S/C13H18BrNO2S/c1-15(9-10-7-11(14)8-10)12-3-5-13(6-4-12)18(2,16)17/h3-6,10-11H,7-9H2,1-2H3. The van der Waals surface area contributed by atoms with E-state index < -0.39 is 9.84 Å². The zero-order chi connectivity index (χ0) is 13.3. The molecule has 1 aliphatic rings. The quantitative estimate of drug-likeness (QED) is 0.796. The predicted molar refractivity (Wildman–Crippen MR) is 78.3 cm³/mol. The summed E-state index contributed by atoms with van der Waals surface area (Å²) < 4.78 is 22.7. The number of alkyl halides is 1. The van der Waals surface area contributed by atoms with Crippen LogP contribution in [-0.2, 0) is 9.84 Å². The Morgan fingerprint density at radius 3 is 2.28 bits per heavy atom. The Labute approximate surface area is 117 Å². The van der Waals surface area contributed by atoms with Crippen LogP contribution in [0.1, 0.15) is 12.8 Å². The molecule has 0 heterocycles. The van der Waals surface area contributed by atoms with Crippen molar-refractivity contribution >= 4 is 31.5 Å². The Morgan fingerprint density at radius 2 is 1.83 bits per heavy atom. The number of halogens is 1. The molecule has 1 fully saturated rings. The van der Waals surface area contributed by atoms with Gasteiger partial charge in [-0.3, -0.25) is 0 Å². The second-order valence-electron chi connectivity index (χ2n) is 5.08. The first-order valence-corrected chi connectivity index (χ1v) is 8.82. The van der Waals surface area contributed by atoms with E-state index in [2.05, 4.69) is 27.9 Å². The van der Waals surface area contributed by atoms with Gasteiger partial charge in [-0.1, -0.05) is 15.9 Å². The number of anilines is 1. The normalized spacial score (nSPS) is 23.5. The minimum atomic E-state index is -3.09. The second kappa shape index (κ2) is 5.21. The van der Waals surface area contributed by atoms with Gasteiger partial charge in [-0.25, -0.2) is 8.42 Å². The molecule has 100 valence electrons. The Balaban J connectivity index is 2.01. The van der Waals surface area contributed by atoms with Crippen LogP contribution in [0.5, 0.6) is 0 Å². The van der Waals surface area contributed by atoms with E-state index in [4.69, 9.17) is 0 Å². The van der Waals surface area contributed by atoms with E-state index in [1.807, 2.05) is 12.1 Å². The van der Waals surface area contributed by atoms with Gasteiger partial charge in [0.15, 0.2) is 9.84 Å². The molecule has 1 aromatic rings. The lowest BCUT2D eigenvalue weighted by atomic mass is 9.85. The fourth-order valence-corrected chi connectivity index (χ4v) is 3.93. The van der Waals surface area contributed by atoms with Crippen LogP contribution in [0.3, 0.4) is 0 Å². The van der Waals surface area contributed by atoms with Gasteiger partial charge in [0, 0.05) is 30.4 Å². The summed E-state index contributed by atoms with van der Waals surface area (Å²) in [6, 6.07) is 7.10. The van der Waals surface area contributed by atoms with Crippen LogP contribution in [0.2, 0.25) is 0 Å². The molecule has 0 aliphatic heterocycles. The molecule has 5 heteroatoms. The average Bonchev–Trinajstić information content (AvgIpc) is 2.26. The highest BCUT2D eigenvalue weighted by Crippen LogP contribution is 2.34. The lowest BCUT2D eigenvalue weighted by molar-refractivity contribution is 0.339. The number of benzene rings is 1. The summed E-state index contributed by atoms with van der Waals surface area (Å²) in [6.07, 6.45) is 3.69. The van der Waals surface area contributed by atoms with Crippen molar-refractivity contribution in [2.24, 2.45) is 5.92 Å². The van der Waals surface area contributed by atoms with Crippen molar-refractivity contribution < 1.29 is 8.42 Å². The number of rotatable bonds is 4. The van der Waals surface area contributed by atoms with Crippen LogP contribution in [0, 0.1) is 5.92 Å². The maximum absolute atomic E-state index is 11.4. The second-order valence-corrected chi connectivity index (χ2v) is 8.39. The predicted octanol–water partition coefficient (Wildman–Crippen LogP) is 2.70. The molecule has 1 aromatic carbocycles. The molecular formula is C13H18BrNO2S. The van der Waals surface area contributed by atoms with Crippen molar-refractivity contribution in [2.45, 2.75) is 22.6 Å². The van der Waals surface area contributed by atoms with Gasteiger partial charge < -0.3 is 4.90 Å². The van der Waals surface area contributed by atoms with Crippen molar-refractivity contribution in [3.05, 3.63) is 24.3 Å². The van der Waals surface area contributed by atoms with Crippen molar-refractivity contribution in [1.82, 2.24) is 0 Å². The van der Waals surface area contributed by atoms with E-state index in [0.717, 1.165) is 18.2 Å². The van der Waals surface area contributed by atoms with Gasteiger partial charge in [0.2, 0.25) is 0 Å². The largest absolute Gasteiger partial charge is 0.374 e. The van der Waals surface area contributed by atoms with Crippen LogP contribution in [0.25, 0.3) is 0 Å². The maximum atomic E-state index is 11.4. The van der Waals surface area contributed by atoms with E-state index in [1.54, 1.807) is 12.1 Å². The number of nitrogens with zero attached hydrogens (tertiary/aromatic N) is 1. The molecule has 18 heavy (non-hydrogen) atoms. The van der Waals surface area contributed by atoms with Gasteiger partial charge >= 0.3 is 0 Å². The first-order chi connectivity index (χ1) is 8.36. The van der Waals surface area contributed by atoms with Crippen molar-refractivity contribution in [3.8, 4) is 0 Å². The monoisotopic (exact) mass is 331 g/mol. The molecule has 0 bridgehead atoms. The molecule has 0 spiro atoms. The molecule has 0 aromatic heterocycles. The van der Waals surface area contributed by atoms with Gasteiger partial charge in [0.05, 0.1) is 4.90 Å². The highest BCUT2D eigenvalue weighted by molar-refractivity contribution is 9.09. The molecular weight excluding hydrogens is 314 g/mol. The van der Waals surface area contributed by atoms with Crippen LogP contribution < -0.4 is 4.90 Å². The highest BCUT2D eigenvalue weighted by Gasteiger charge is 2.27. The fourth-order valence-electron chi connectivity index (χ4n) is 2.24. The summed E-state index contributed by atoms with van der Waals surface area (Å²) in [4.78, 5) is 3.25. The molecule has 0 radical (unpaired) electrons. The minimum absolute atomic E-state index is 0.379. The molecule has 0 N–H and O–H groups in total. The molecule has 1 aliphatic carbocycles. The summed E-state index contributed by atoms with van der Waals surface area (Å²) in [6.45, 7) is 1.03. The van der Waals surface area contributed by atoms with Crippen molar-refractivity contribution in [2.75, 3.05) is 24.7 Å². The van der Waals surface area contributed by atoms with Gasteiger partial charge in [-0.2, -0.15) is 0 Å². The van der Waals surface area contributed by atoms with Crippen LogP contribution >= 0.6 is 15.9 Å². The SMILES string of the molecule is CN(CC1CC(Br)C1)c1ccc(S(C)(=O)=O)cc1. The van der Waals surface area contributed by atoms with Crippen molar-refractivity contribution in [3.63, 3.8) is 0 Å². The van der Waals surface area contributed by atoms with E-state index in [9.17, 15) is 8.42 Å². The summed E-state index contributed by atoms with van der Waals surface area (Å²) in [5, 5.41) is 0. The summed E-state index contributed by atoms with van der Waals surface area (Å²) in [7, 11) is -1.04. The van der Waals surface area contributed by atoms with Crippen molar-refractivity contribution in [1.29, 1.82) is 0 Å². The number of sulfone groups is 1. The third-order valence-corrected chi connectivity index (χ3v) is 5.29. The molecule has 1 saturated carbocycles. The van der Waals surface area contributed by atoms with E-state index in [-0.39, 0.29) is 0 Å². The van der Waals surface area contributed by atoms with Gasteiger partial charge in [0.25, 0.3) is 0 Å². The average molecular weight is 332 g/mol. The molecule has 2 rings (SSSR count). The van der Waals surface area contributed by atoms with E-state index >= 15 is 0 Å². The molecule has 0 saturated heterocycles. The zero-order valence-electron chi connectivity index (χ0n) is 10.6. The third-order valence-electron chi connectivity index (χ3n) is 3.42. The lowest BCUT2D eigenvalue weighted by Crippen LogP contribution is -2.34. The summed E-state index contributed by atoms with van der Waals surface area (Å²) >= 11 is 3.59. The number of hydrogen-bond acceptors (Lipinski definition) is 3. The molecule has 0 unspecified atom stereocenters. The summed E-state index contributed by atoms with van der Waals surface area (Å²) in [5.41, 5.74) is 1.07. The van der Waals surface area contributed by atoms with Gasteiger partial charge in [-0.15, -0.1) is 0 Å². The van der Waals surface area contributed by atoms with Crippen LogP contribution in [-0.4, -0.2) is 33.1 Å². The van der Waals surface area contributed by atoms with Crippen LogP contribution in [0.4, 0.5) is 5.69 Å². The maximum Gasteiger partial charge on any atom is 0.175 e. The van der Waals surface area contributed by atoms with Gasteiger partial charge in [-0.05, 0) is 43.0 Å². The molecule has 3 nitrogen and oxygen atoms in total. The Hall–Kier alpha value is -0.550. The Morgan fingerprint density at radius 1 is 1.28 bits per heavy atom. The Bertz CT molecular complexity index is 506. The first-order valence-electron chi connectivity index (χ1n) is 6.01. The zero-order valence-corrected chi connectivity index (χ0v) is 13.0. The number of hydrogen-bond donors (Lipinski definition) is 0.